The Morgan fingerprint density at radius 2 is 2.04 bits per heavy atom. The molecule has 1 aromatic heterocycles. The molecule has 0 aliphatic carbocycles. The van der Waals surface area contributed by atoms with Gasteiger partial charge < -0.3 is 14.5 Å². The molecule has 1 saturated heterocycles. The molecule has 1 aromatic carbocycles. The Balaban J connectivity index is 1.92. The van der Waals surface area contributed by atoms with E-state index in [9.17, 15) is 27.6 Å². The number of rotatable bonds is 5. The van der Waals surface area contributed by atoms with E-state index in [4.69, 9.17) is 9.15 Å². The van der Waals surface area contributed by atoms with Gasteiger partial charge in [0.15, 0.2) is 0 Å². The van der Waals surface area contributed by atoms with Crippen molar-refractivity contribution in [3.63, 3.8) is 0 Å². The molecule has 0 bridgehead atoms. The van der Waals surface area contributed by atoms with E-state index in [1.807, 2.05) is 0 Å². The molecule has 4 amide bonds. The van der Waals surface area contributed by atoms with Gasteiger partial charge in [0.2, 0.25) is 0 Å². The van der Waals surface area contributed by atoms with Crippen molar-refractivity contribution in [3.05, 3.63) is 54.0 Å². The average molecular weight is 397 g/mol. The number of amides is 4. The normalized spacial score (nSPS) is 19.5. The number of carbonyl (C=O) groups is 3. The second kappa shape index (κ2) is 6.91. The van der Waals surface area contributed by atoms with Crippen molar-refractivity contribution in [1.29, 1.82) is 0 Å². The number of hydrogen-bond acceptors (Lipinski definition) is 5. The maximum atomic E-state index is 13.8. The monoisotopic (exact) mass is 397 g/mol. The van der Waals surface area contributed by atoms with E-state index in [1.54, 1.807) is 10.6 Å². The van der Waals surface area contributed by atoms with Crippen molar-refractivity contribution in [2.24, 2.45) is 0 Å². The Bertz CT molecular complexity index is 913. The predicted molar refractivity (Wildman–Crippen MR) is 87.0 cm³/mol. The van der Waals surface area contributed by atoms with Crippen molar-refractivity contribution < 1.29 is 36.7 Å². The Morgan fingerprint density at radius 1 is 1.29 bits per heavy atom. The highest BCUT2D eigenvalue weighted by atomic mass is 19.4. The number of ether oxygens (including phenoxy) is 1. The van der Waals surface area contributed by atoms with Gasteiger partial charge in [0.25, 0.3) is 17.5 Å². The zero-order valence-corrected chi connectivity index (χ0v) is 14.4. The molecule has 0 saturated carbocycles. The van der Waals surface area contributed by atoms with Gasteiger partial charge in [0.05, 0.1) is 19.9 Å². The molecule has 0 spiro atoms. The van der Waals surface area contributed by atoms with Crippen molar-refractivity contribution >= 4 is 17.8 Å². The summed E-state index contributed by atoms with van der Waals surface area (Å²) < 4.78 is 51.3. The molecular formula is C17H14F3N3O5. The summed E-state index contributed by atoms with van der Waals surface area (Å²) in [6.45, 7) is -0.523. The molecule has 2 aromatic rings. The van der Waals surface area contributed by atoms with E-state index in [2.05, 4.69) is 0 Å². The van der Waals surface area contributed by atoms with Crippen LogP contribution >= 0.6 is 0 Å². The number of methoxy groups -OCH3 is 1. The maximum Gasteiger partial charge on any atom is 0.440 e. The van der Waals surface area contributed by atoms with E-state index >= 15 is 0 Å². The van der Waals surface area contributed by atoms with E-state index in [0.29, 0.717) is 4.90 Å². The van der Waals surface area contributed by atoms with Crippen LogP contribution in [0, 0.1) is 0 Å². The van der Waals surface area contributed by atoms with Crippen molar-refractivity contribution in [3.8, 4) is 5.75 Å². The fourth-order valence-corrected chi connectivity index (χ4v) is 2.63. The molecule has 28 heavy (non-hydrogen) atoms. The number of nitrogens with one attached hydrogen (secondary N) is 2. The molecule has 3 rings (SSSR count). The minimum absolute atomic E-state index is 0.0978. The lowest BCUT2D eigenvalue weighted by Crippen LogP contribution is -2.69. The molecule has 1 aliphatic heterocycles. The van der Waals surface area contributed by atoms with E-state index in [-0.39, 0.29) is 17.1 Å². The molecule has 2 N–H and O–H groups in total. The summed E-state index contributed by atoms with van der Waals surface area (Å²) in [5, 5.41) is 3.17. The SMILES string of the molecule is COc1cccc(C(=O)N[C@]2(C(F)(F)F)NC(=O)N(Cc3ccco3)C2=O)c1. The molecule has 1 atom stereocenters. The molecule has 2 heterocycles. The van der Waals surface area contributed by atoms with Crippen LogP contribution in [0.4, 0.5) is 18.0 Å². The molecular weight excluding hydrogens is 383 g/mol. The minimum Gasteiger partial charge on any atom is -0.497 e. The largest absolute Gasteiger partial charge is 0.497 e. The van der Waals surface area contributed by atoms with E-state index in [0.717, 1.165) is 0 Å². The third-order valence-corrected chi connectivity index (χ3v) is 4.06. The number of hydrogen-bond donors (Lipinski definition) is 2. The Labute approximate surface area is 156 Å². The zero-order valence-electron chi connectivity index (χ0n) is 14.4. The molecule has 11 heteroatoms. The summed E-state index contributed by atoms with van der Waals surface area (Å²) in [6, 6.07) is 6.85. The number of benzene rings is 1. The Hall–Kier alpha value is -3.50. The van der Waals surface area contributed by atoms with Crippen LogP contribution in [0.2, 0.25) is 0 Å². The number of furan rings is 1. The lowest BCUT2D eigenvalue weighted by Gasteiger charge is -2.29. The summed E-state index contributed by atoms with van der Waals surface area (Å²) in [7, 11) is 1.32. The first-order valence-electron chi connectivity index (χ1n) is 7.88. The zero-order chi connectivity index (χ0) is 20.5. The van der Waals surface area contributed by atoms with Gasteiger partial charge in [-0.1, -0.05) is 6.07 Å². The van der Waals surface area contributed by atoms with Crippen molar-refractivity contribution in [1.82, 2.24) is 15.5 Å². The number of nitrogens with zero attached hydrogens (tertiary/aromatic N) is 1. The van der Waals surface area contributed by atoms with E-state index in [1.165, 1.54) is 49.8 Å². The summed E-state index contributed by atoms with van der Waals surface area (Å²) in [6.07, 6.45) is -4.05. The van der Waals surface area contributed by atoms with E-state index < -0.39 is 36.2 Å². The summed E-state index contributed by atoms with van der Waals surface area (Å²) in [5.74, 6) is -2.56. The third kappa shape index (κ3) is 3.26. The first-order valence-corrected chi connectivity index (χ1v) is 7.88. The molecule has 0 unspecified atom stereocenters. The van der Waals surface area contributed by atoms with Gasteiger partial charge in [-0.3, -0.25) is 19.8 Å². The summed E-state index contributed by atoms with van der Waals surface area (Å²) in [5.41, 5.74) is -3.79. The topological polar surface area (TPSA) is 101 Å². The standard InChI is InChI=1S/C17H14F3N3O5/c1-27-11-5-2-4-10(8-11)13(24)21-16(17(18,19)20)14(25)23(15(26)22-16)9-12-6-3-7-28-12/h2-8H,9H2,1H3,(H,21,24)(H,22,26)/t16-/m0/s1. The first-order chi connectivity index (χ1) is 13.2. The smallest absolute Gasteiger partial charge is 0.440 e. The van der Waals surface area contributed by atoms with Gasteiger partial charge in [-0.05, 0) is 30.3 Å². The average Bonchev–Trinajstić information content (AvgIpc) is 3.24. The van der Waals surface area contributed by atoms with Gasteiger partial charge in [0.1, 0.15) is 11.5 Å². The maximum absolute atomic E-state index is 13.8. The third-order valence-electron chi connectivity index (χ3n) is 4.06. The number of imide groups is 1. The van der Waals surface area contributed by atoms with Crippen molar-refractivity contribution in [2.75, 3.05) is 7.11 Å². The molecule has 148 valence electrons. The lowest BCUT2D eigenvalue weighted by molar-refractivity contribution is -0.200. The summed E-state index contributed by atoms with van der Waals surface area (Å²) in [4.78, 5) is 37.3. The van der Waals surface area contributed by atoms with Crippen LogP contribution in [0.15, 0.2) is 47.1 Å². The highest BCUT2D eigenvalue weighted by Gasteiger charge is 2.68. The van der Waals surface area contributed by atoms with Gasteiger partial charge >= 0.3 is 12.2 Å². The quantitative estimate of drug-likeness (QED) is 0.752. The molecule has 1 fully saturated rings. The predicted octanol–water partition coefficient (Wildman–Crippen LogP) is 2.03. The van der Waals surface area contributed by atoms with Crippen LogP contribution in [-0.2, 0) is 11.3 Å². The number of carbonyl (C=O) groups excluding carboxylic acids is 3. The van der Waals surface area contributed by atoms with Crippen LogP contribution in [0.25, 0.3) is 0 Å². The number of halogens is 3. The van der Waals surface area contributed by atoms with Gasteiger partial charge in [-0.2, -0.15) is 13.2 Å². The van der Waals surface area contributed by atoms with Crippen LogP contribution < -0.4 is 15.4 Å². The van der Waals surface area contributed by atoms with Crippen LogP contribution in [0.3, 0.4) is 0 Å². The minimum atomic E-state index is -5.30. The fraction of sp³-hybridized carbons (Fsp3) is 0.235. The molecule has 8 nitrogen and oxygen atoms in total. The summed E-state index contributed by atoms with van der Waals surface area (Å²) >= 11 is 0. The second-order valence-corrected chi connectivity index (χ2v) is 5.83. The van der Waals surface area contributed by atoms with Crippen LogP contribution in [-0.4, -0.2) is 41.7 Å². The number of alkyl halides is 3. The van der Waals surface area contributed by atoms with Gasteiger partial charge in [0, 0.05) is 5.56 Å². The Kier molecular flexibility index (Phi) is 4.75. The van der Waals surface area contributed by atoms with Crippen molar-refractivity contribution in [2.45, 2.75) is 18.4 Å². The molecule has 0 radical (unpaired) electrons. The van der Waals surface area contributed by atoms with Gasteiger partial charge in [-0.15, -0.1) is 0 Å². The van der Waals surface area contributed by atoms with Gasteiger partial charge in [-0.25, -0.2) is 4.79 Å². The highest BCUT2D eigenvalue weighted by molar-refractivity contribution is 6.10. The first kappa shape index (κ1) is 19.3. The fourth-order valence-electron chi connectivity index (χ4n) is 2.63. The Morgan fingerprint density at radius 3 is 2.64 bits per heavy atom. The number of urea groups is 1. The van der Waals surface area contributed by atoms with Crippen LogP contribution in [0.1, 0.15) is 16.1 Å². The van der Waals surface area contributed by atoms with Crippen LogP contribution in [0.5, 0.6) is 5.75 Å². The second-order valence-electron chi connectivity index (χ2n) is 5.83. The lowest BCUT2D eigenvalue weighted by atomic mass is 10.1. The highest BCUT2D eigenvalue weighted by Crippen LogP contribution is 2.34. The molecule has 1 aliphatic rings.